The van der Waals surface area contributed by atoms with Crippen LogP contribution in [-0.2, 0) is 32.7 Å². The normalized spacial score (nSPS) is 14.1. The smallest absolute Gasteiger partial charge is 0.462 e. The van der Waals surface area contributed by atoms with Crippen LogP contribution in [0.1, 0.15) is 239 Å². The van der Waals surface area contributed by atoms with E-state index in [1.54, 1.807) is 0 Å². The Hall–Kier alpha value is -3.33. The molecule has 0 saturated carbocycles. The van der Waals surface area contributed by atoms with Gasteiger partial charge in [0.1, 0.15) is 19.8 Å². The summed E-state index contributed by atoms with van der Waals surface area (Å²) in [7, 11) is 1.47. The molecule has 0 aromatic heterocycles. The van der Waals surface area contributed by atoms with Gasteiger partial charge < -0.3 is 18.9 Å². The standard InChI is InChI=1S/C65H112NO8P/c1-6-8-10-12-14-16-18-20-21-22-23-24-25-26-27-28-29-30-31-32-33-34-35-36-37-38-39-40-41-42-43-44-45-46-48-50-52-54-56-58-65(68)74-63(62-73-75(69,70)72-60-59-66(3,4)5)61-71-64(67)57-55-53-51-49-47-19-17-15-13-11-9-7-2/h8,10,14-17,20-21,23-24,26-27,29-30,32-33,35-36,63H,6-7,9,11-13,18-19,22,25,28,31,34,37-62H2,1-5H3/p+1/b10-8-,16-14-,17-15-,21-20-,24-23-,27-26-,30-29-,33-32-,36-35-. The summed E-state index contributed by atoms with van der Waals surface area (Å²) in [5, 5.41) is 0. The molecule has 1 N–H and O–H groups in total. The van der Waals surface area contributed by atoms with Crippen molar-refractivity contribution < 1.29 is 42.1 Å². The molecule has 0 aromatic carbocycles. The minimum absolute atomic E-state index is 0.0271. The van der Waals surface area contributed by atoms with E-state index in [-0.39, 0.29) is 32.0 Å². The van der Waals surface area contributed by atoms with Crippen LogP contribution in [0.3, 0.4) is 0 Å². The second-order valence-electron chi connectivity index (χ2n) is 21.0. The second-order valence-corrected chi connectivity index (χ2v) is 22.5. The molecule has 9 nitrogen and oxygen atoms in total. The van der Waals surface area contributed by atoms with Crippen LogP contribution in [0.2, 0.25) is 0 Å². The number of carbonyl (C=O) groups is 2. The molecule has 0 fully saturated rings. The van der Waals surface area contributed by atoms with Crippen molar-refractivity contribution in [2.24, 2.45) is 0 Å². The Morgan fingerprint density at radius 2 is 0.760 bits per heavy atom. The Morgan fingerprint density at radius 1 is 0.427 bits per heavy atom. The molecule has 0 aliphatic heterocycles. The predicted molar refractivity (Wildman–Crippen MR) is 321 cm³/mol. The van der Waals surface area contributed by atoms with Crippen LogP contribution in [-0.4, -0.2) is 74.9 Å². The van der Waals surface area contributed by atoms with Gasteiger partial charge in [0.15, 0.2) is 6.10 Å². The van der Waals surface area contributed by atoms with Gasteiger partial charge in [-0.2, -0.15) is 0 Å². The van der Waals surface area contributed by atoms with Crippen LogP contribution in [0, 0.1) is 0 Å². The Balaban J connectivity index is 4.01. The van der Waals surface area contributed by atoms with E-state index in [0.29, 0.717) is 17.4 Å². The lowest BCUT2D eigenvalue weighted by atomic mass is 10.0. The molecule has 0 spiro atoms. The maximum atomic E-state index is 12.8. The van der Waals surface area contributed by atoms with Gasteiger partial charge in [0.25, 0.3) is 0 Å². The van der Waals surface area contributed by atoms with E-state index < -0.39 is 26.5 Å². The third kappa shape index (κ3) is 59.8. The fourth-order valence-electron chi connectivity index (χ4n) is 7.91. The zero-order valence-electron chi connectivity index (χ0n) is 48.7. The van der Waals surface area contributed by atoms with Crippen molar-refractivity contribution in [2.75, 3.05) is 47.5 Å². The van der Waals surface area contributed by atoms with E-state index >= 15 is 0 Å². The zero-order chi connectivity index (χ0) is 54.9. The van der Waals surface area contributed by atoms with Crippen LogP contribution in [0.4, 0.5) is 0 Å². The van der Waals surface area contributed by atoms with Gasteiger partial charge in [0.05, 0.1) is 27.7 Å². The Bertz CT molecular complexity index is 1630. The van der Waals surface area contributed by atoms with Gasteiger partial charge in [0.2, 0.25) is 0 Å². The van der Waals surface area contributed by atoms with Crippen molar-refractivity contribution in [1.82, 2.24) is 0 Å². The molecule has 430 valence electrons. The van der Waals surface area contributed by atoms with Crippen molar-refractivity contribution >= 4 is 19.8 Å². The zero-order valence-corrected chi connectivity index (χ0v) is 49.6. The quantitative estimate of drug-likeness (QED) is 0.0211. The number of unbranched alkanes of at least 4 members (excludes halogenated alkanes) is 22. The predicted octanol–water partition coefficient (Wildman–Crippen LogP) is 19.0. The first-order valence-electron chi connectivity index (χ1n) is 30.1. The maximum absolute atomic E-state index is 12.8. The van der Waals surface area contributed by atoms with Crippen LogP contribution in [0.15, 0.2) is 109 Å². The molecule has 0 aromatic rings. The maximum Gasteiger partial charge on any atom is 0.472 e. The molecule has 0 saturated heterocycles. The summed E-state index contributed by atoms with van der Waals surface area (Å²) in [5.74, 6) is -0.811. The molecule has 0 aliphatic rings. The highest BCUT2D eigenvalue weighted by molar-refractivity contribution is 7.47. The largest absolute Gasteiger partial charge is 0.472 e. The summed E-state index contributed by atoms with van der Waals surface area (Å²) in [6.07, 6.45) is 77.5. The molecule has 0 rings (SSSR count). The monoisotopic (exact) mass is 1070 g/mol. The Morgan fingerprint density at radius 3 is 1.15 bits per heavy atom. The third-order valence-electron chi connectivity index (χ3n) is 12.5. The summed E-state index contributed by atoms with van der Waals surface area (Å²) in [6, 6.07) is 0. The minimum Gasteiger partial charge on any atom is -0.462 e. The van der Waals surface area contributed by atoms with Crippen molar-refractivity contribution in [3.63, 3.8) is 0 Å². The molecule has 0 aliphatic carbocycles. The Kier molecular flexibility index (Phi) is 53.0. The van der Waals surface area contributed by atoms with Crippen molar-refractivity contribution in [3.8, 4) is 0 Å². The first-order valence-corrected chi connectivity index (χ1v) is 31.6. The molecule has 10 heteroatoms. The van der Waals surface area contributed by atoms with Gasteiger partial charge in [-0.1, -0.05) is 232 Å². The molecule has 75 heavy (non-hydrogen) atoms. The average molecular weight is 1070 g/mol. The fourth-order valence-corrected chi connectivity index (χ4v) is 8.65. The Labute approximate surface area is 461 Å². The van der Waals surface area contributed by atoms with Gasteiger partial charge in [-0.3, -0.25) is 18.6 Å². The SMILES string of the molecule is CC/C=C\C/C=C\C/C=C\C/C=C\C/C=C\C/C=C\C/C=C\C/C=C\CCCCCCCCCCCCCCCCC(=O)OC(COC(=O)CCCCCCC/C=C\CCCCC)COP(=O)(O)OCC[N+](C)(C)C. The lowest BCUT2D eigenvalue weighted by Gasteiger charge is -2.24. The summed E-state index contributed by atoms with van der Waals surface area (Å²) in [6.45, 7) is 4.28. The molecule has 2 atom stereocenters. The summed E-state index contributed by atoms with van der Waals surface area (Å²) >= 11 is 0. The molecule has 0 bridgehead atoms. The lowest BCUT2D eigenvalue weighted by molar-refractivity contribution is -0.870. The number of hydrogen-bond acceptors (Lipinski definition) is 7. The molecular weight excluding hydrogens is 954 g/mol. The lowest BCUT2D eigenvalue weighted by Crippen LogP contribution is -2.37. The topological polar surface area (TPSA) is 108 Å². The number of phosphoric ester groups is 1. The van der Waals surface area contributed by atoms with Crippen LogP contribution in [0.25, 0.3) is 0 Å². The van der Waals surface area contributed by atoms with Gasteiger partial charge >= 0.3 is 19.8 Å². The molecular formula is C65H113NO8P+. The number of quaternary nitrogens is 1. The summed E-state index contributed by atoms with van der Waals surface area (Å²) in [4.78, 5) is 35.6. The minimum atomic E-state index is -4.39. The van der Waals surface area contributed by atoms with E-state index in [1.807, 2.05) is 21.1 Å². The third-order valence-corrected chi connectivity index (χ3v) is 13.5. The fraction of sp³-hybridized carbons (Fsp3) is 0.692. The van der Waals surface area contributed by atoms with Gasteiger partial charge in [-0.25, -0.2) is 4.57 Å². The van der Waals surface area contributed by atoms with E-state index in [2.05, 4.69) is 123 Å². The molecule has 0 radical (unpaired) electrons. The van der Waals surface area contributed by atoms with E-state index in [4.69, 9.17) is 18.5 Å². The highest BCUT2D eigenvalue weighted by Gasteiger charge is 2.27. The van der Waals surface area contributed by atoms with Gasteiger partial charge in [-0.15, -0.1) is 0 Å². The average Bonchev–Trinajstić information content (AvgIpc) is 3.37. The van der Waals surface area contributed by atoms with Crippen molar-refractivity contribution in [1.29, 1.82) is 0 Å². The number of rotatable bonds is 54. The molecule has 0 amide bonds. The van der Waals surface area contributed by atoms with Crippen LogP contribution in [0.5, 0.6) is 0 Å². The number of carbonyl (C=O) groups excluding carboxylic acids is 2. The van der Waals surface area contributed by atoms with E-state index in [1.165, 1.54) is 96.3 Å². The van der Waals surface area contributed by atoms with Crippen LogP contribution < -0.4 is 0 Å². The summed E-state index contributed by atoms with van der Waals surface area (Å²) < 4.78 is 34.5. The second kappa shape index (κ2) is 55.4. The van der Waals surface area contributed by atoms with Crippen molar-refractivity contribution in [3.05, 3.63) is 109 Å². The molecule has 2 unspecified atom stereocenters. The number of esters is 2. The van der Waals surface area contributed by atoms with Crippen LogP contribution >= 0.6 is 7.82 Å². The van der Waals surface area contributed by atoms with Gasteiger partial charge in [-0.05, 0) is 103 Å². The number of likely N-dealkylation sites (N-methyl/N-ethyl adjacent to an activating group) is 1. The van der Waals surface area contributed by atoms with Crippen molar-refractivity contribution in [2.45, 2.75) is 245 Å². The van der Waals surface area contributed by atoms with E-state index in [9.17, 15) is 19.0 Å². The van der Waals surface area contributed by atoms with Gasteiger partial charge in [0, 0.05) is 12.8 Å². The number of nitrogens with zero attached hydrogens (tertiary/aromatic N) is 1. The number of allylic oxidation sites excluding steroid dienone is 18. The molecule has 0 heterocycles. The van der Waals surface area contributed by atoms with E-state index in [0.717, 1.165) is 109 Å². The highest BCUT2D eigenvalue weighted by Crippen LogP contribution is 2.43. The highest BCUT2D eigenvalue weighted by atomic mass is 31.2. The first kappa shape index (κ1) is 71.7. The first-order chi connectivity index (χ1) is 36.5. The number of ether oxygens (including phenoxy) is 2. The number of hydrogen-bond donors (Lipinski definition) is 1. The number of phosphoric acid groups is 1. The summed E-state index contributed by atoms with van der Waals surface area (Å²) in [5.41, 5.74) is 0.